The molecule has 0 heterocycles. The van der Waals surface area contributed by atoms with Gasteiger partial charge in [0.2, 0.25) is 0 Å². The average Bonchev–Trinajstić information content (AvgIpc) is 3.37. The van der Waals surface area contributed by atoms with Crippen LogP contribution in [0.1, 0.15) is 39.5 Å². The fraction of sp³-hybridized carbons (Fsp3) is 0.300. The van der Waals surface area contributed by atoms with E-state index in [4.69, 9.17) is 9.47 Å². The second kappa shape index (κ2) is 11.3. The molecular weight excluding hydrogens is 440 g/mol. The number of esters is 1. The van der Waals surface area contributed by atoms with Crippen molar-refractivity contribution >= 4 is 16.9 Å². The highest BCUT2D eigenvalue weighted by Crippen LogP contribution is 2.32. The Bertz CT molecular complexity index is 1100. The van der Waals surface area contributed by atoms with Crippen molar-refractivity contribution in [2.75, 3.05) is 6.61 Å². The van der Waals surface area contributed by atoms with Gasteiger partial charge in [-0.05, 0) is 63.1 Å². The van der Waals surface area contributed by atoms with Gasteiger partial charge >= 0.3 is 5.97 Å². The molecule has 174 valence electrons. The van der Waals surface area contributed by atoms with Crippen LogP contribution in [0.4, 0.5) is 0 Å². The summed E-state index contributed by atoms with van der Waals surface area (Å²) in [4.78, 5) is 16.1. The van der Waals surface area contributed by atoms with Gasteiger partial charge in [-0.2, -0.15) is 0 Å². The smallest absolute Gasteiger partial charge is 0.345 e. The third-order valence-corrected chi connectivity index (χ3v) is 7.87. The molecule has 0 aliphatic heterocycles. The molecule has 1 saturated carbocycles. The van der Waals surface area contributed by atoms with E-state index in [1.807, 2.05) is 44.2 Å². The lowest BCUT2D eigenvalue weighted by Crippen LogP contribution is -2.29. The average molecular weight is 472 g/mol. The van der Waals surface area contributed by atoms with E-state index in [9.17, 15) is 4.79 Å². The van der Waals surface area contributed by atoms with Gasteiger partial charge in [0.05, 0.1) is 10.9 Å². The van der Waals surface area contributed by atoms with Crippen LogP contribution < -0.4 is 4.74 Å². The SMILES string of the molecule is CC(C)(C#CC1CCCC1)OC(=O)COc1cccc([S+](c2ccccc2)c2ccccc2)c1. The summed E-state index contributed by atoms with van der Waals surface area (Å²) < 4.78 is 11.4. The minimum Gasteiger partial charge on any atom is -0.482 e. The maximum atomic E-state index is 12.5. The maximum absolute atomic E-state index is 12.5. The van der Waals surface area contributed by atoms with E-state index < -0.39 is 11.6 Å². The first kappa shape index (κ1) is 24.0. The van der Waals surface area contributed by atoms with E-state index in [2.05, 4.69) is 66.4 Å². The second-order valence-electron chi connectivity index (χ2n) is 8.93. The molecule has 0 amide bonds. The van der Waals surface area contributed by atoms with E-state index in [1.165, 1.54) is 22.6 Å². The number of carbonyl (C=O) groups is 1. The van der Waals surface area contributed by atoms with E-state index in [1.54, 1.807) is 0 Å². The third-order valence-electron chi connectivity index (χ3n) is 5.66. The summed E-state index contributed by atoms with van der Waals surface area (Å²) in [5.74, 6) is 7.09. The fourth-order valence-corrected chi connectivity index (χ4v) is 6.16. The van der Waals surface area contributed by atoms with Crippen molar-refractivity contribution in [2.24, 2.45) is 5.92 Å². The third kappa shape index (κ3) is 6.68. The van der Waals surface area contributed by atoms with Crippen LogP contribution in [0.25, 0.3) is 0 Å². The molecule has 3 nitrogen and oxygen atoms in total. The van der Waals surface area contributed by atoms with Gasteiger partial charge in [0, 0.05) is 12.0 Å². The van der Waals surface area contributed by atoms with Crippen LogP contribution in [0.2, 0.25) is 0 Å². The molecule has 0 aromatic heterocycles. The molecule has 0 bridgehead atoms. The summed E-state index contributed by atoms with van der Waals surface area (Å²) in [5.41, 5.74) is -0.821. The normalized spacial score (nSPS) is 13.9. The number of hydrogen-bond donors (Lipinski definition) is 0. The van der Waals surface area contributed by atoms with Gasteiger partial charge < -0.3 is 9.47 Å². The van der Waals surface area contributed by atoms with Gasteiger partial charge in [-0.25, -0.2) is 4.79 Å². The maximum Gasteiger partial charge on any atom is 0.345 e. The van der Waals surface area contributed by atoms with Crippen LogP contribution >= 0.6 is 0 Å². The summed E-state index contributed by atoms with van der Waals surface area (Å²) in [6, 6.07) is 28.9. The highest BCUT2D eigenvalue weighted by atomic mass is 32.2. The van der Waals surface area contributed by atoms with E-state index in [0.717, 1.165) is 17.7 Å². The Hall–Kier alpha value is -3.16. The van der Waals surface area contributed by atoms with Crippen LogP contribution in [-0.4, -0.2) is 18.2 Å². The van der Waals surface area contributed by atoms with Gasteiger partial charge in [-0.15, -0.1) is 0 Å². The number of ether oxygens (including phenoxy) is 2. The topological polar surface area (TPSA) is 35.5 Å². The summed E-state index contributed by atoms with van der Waals surface area (Å²) in [5, 5.41) is 0. The molecule has 0 spiro atoms. The van der Waals surface area contributed by atoms with Crippen LogP contribution in [0, 0.1) is 17.8 Å². The van der Waals surface area contributed by atoms with Crippen molar-refractivity contribution in [3.8, 4) is 17.6 Å². The van der Waals surface area contributed by atoms with E-state index in [-0.39, 0.29) is 17.5 Å². The molecule has 4 rings (SSSR count). The van der Waals surface area contributed by atoms with Gasteiger partial charge in [0.15, 0.2) is 26.9 Å². The molecule has 1 aliphatic carbocycles. The monoisotopic (exact) mass is 471 g/mol. The standard InChI is InChI=1S/C30H31O3S/c1-30(2,21-20-24-12-9-10-13-24)33-29(31)23-32-25-14-11-19-28(22-25)34(26-15-5-3-6-16-26)27-17-7-4-8-18-27/h3-8,11,14-19,22,24H,9-10,12-13,23H2,1-2H3/q+1. The summed E-state index contributed by atoms with van der Waals surface area (Å²) in [6.45, 7) is 3.51. The van der Waals surface area contributed by atoms with Crippen LogP contribution in [0.15, 0.2) is 99.6 Å². The molecule has 0 atom stereocenters. The number of benzene rings is 3. The van der Waals surface area contributed by atoms with Gasteiger partial charge in [0.25, 0.3) is 0 Å². The molecular formula is C30H31O3S+. The molecule has 1 fully saturated rings. The molecule has 0 N–H and O–H groups in total. The summed E-state index contributed by atoms with van der Waals surface area (Å²) in [7, 11) is -0.274. The first-order valence-electron chi connectivity index (χ1n) is 11.8. The number of carbonyl (C=O) groups excluding carboxylic acids is 1. The van der Waals surface area contributed by atoms with Crippen molar-refractivity contribution < 1.29 is 14.3 Å². The minimum absolute atomic E-state index is 0.150. The molecule has 0 unspecified atom stereocenters. The molecule has 3 aromatic carbocycles. The highest BCUT2D eigenvalue weighted by molar-refractivity contribution is 7.97. The first-order chi connectivity index (χ1) is 16.5. The van der Waals surface area contributed by atoms with Crippen LogP contribution in [0.5, 0.6) is 5.75 Å². The van der Waals surface area contributed by atoms with Crippen molar-refractivity contribution in [3.05, 3.63) is 84.9 Å². The summed E-state index contributed by atoms with van der Waals surface area (Å²) in [6.07, 6.45) is 4.76. The molecule has 3 aromatic rings. The Kier molecular flexibility index (Phi) is 7.98. The molecule has 34 heavy (non-hydrogen) atoms. The zero-order valence-corrected chi connectivity index (χ0v) is 20.6. The fourth-order valence-electron chi connectivity index (χ4n) is 4.04. The Labute approximate surface area is 205 Å². The van der Waals surface area contributed by atoms with E-state index in [0.29, 0.717) is 11.7 Å². The van der Waals surface area contributed by atoms with Crippen molar-refractivity contribution in [2.45, 2.75) is 59.8 Å². The Morgan fingerprint density at radius 3 is 2.09 bits per heavy atom. The Morgan fingerprint density at radius 1 is 0.882 bits per heavy atom. The van der Waals surface area contributed by atoms with Crippen LogP contribution in [-0.2, 0) is 20.4 Å². The van der Waals surface area contributed by atoms with Gasteiger partial charge in [0.1, 0.15) is 5.75 Å². The van der Waals surface area contributed by atoms with Crippen LogP contribution in [0.3, 0.4) is 0 Å². The highest BCUT2D eigenvalue weighted by Gasteiger charge is 2.29. The van der Waals surface area contributed by atoms with Crippen molar-refractivity contribution in [1.29, 1.82) is 0 Å². The van der Waals surface area contributed by atoms with Gasteiger partial charge in [-0.3, -0.25) is 0 Å². The zero-order chi connectivity index (χ0) is 23.8. The first-order valence-corrected chi connectivity index (χ1v) is 13.0. The lowest BCUT2D eigenvalue weighted by Gasteiger charge is -2.19. The van der Waals surface area contributed by atoms with Crippen molar-refractivity contribution in [1.82, 2.24) is 0 Å². The molecule has 1 aliphatic rings. The Morgan fingerprint density at radius 2 is 1.47 bits per heavy atom. The Balaban J connectivity index is 1.44. The zero-order valence-electron chi connectivity index (χ0n) is 19.8. The number of rotatable bonds is 7. The second-order valence-corrected chi connectivity index (χ2v) is 11.0. The largest absolute Gasteiger partial charge is 0.482 e. The molecule has 0 radical (unpaired) electrons. The predicted molar refractivity (Wildman–Crippen MR) is 137 cm³/mol. The van der Waals surface area contributed by atoms with Crippen molar-refractivity contribution in [3.63, 3.8) is 0 Å². The van der Waals surface area contributed by atoms with Gasteiger partial charge in [-0.1, -0.05) is 67.1 Å². The lowest BCUT2D eigenvalue weighted by atomic mass is 10.1. The summed E-state index contributed by atoms with van der Waals surface area (Å²) >= 11 is 0. The number of hydrogen-bond acceptors (Lipinski definition) is 3. The minimum atomic E-state index is -0.821. The van der Waals surface area contributed by atoms with E-state index >= 15 is 0 Å². The predicted octanol–water partition coefficient (Wildman–Crippen LogP) is 6.68. The molecule has 4 heteroatoms. The quantitative estimate of drug-likeness (QED) is 0.219. The molecule has 0 saturated heterocycles. The lowest BCUT2D eigenvalue weighted by molar-refractivity contribution is -0.154.